The lowest BCUT2D eigenvalue weighted by Gasteiger charge is -2.29. The van der Waals surface area contributed by atoms with Gasteiger partial charge in [-0.1, -0.05) is 66.3 Å². The van der Waals surface area contributed by atoms with Gasteiger partial charge in [0.25, 0.3) is 0 Å². The first-order valence-corrected chi connectivity index (χ1v) is 9.77. The molecule has 0 aromatic heterocycles. The summed E-state index contributed by atoms with van der Waals surface area (Å²) in [6.45, 7) is 7.05. The summed E-state index contributed by atoms with van der Waals surface area (Å²) in [6.07, 6.45) is 0. The molecule has 0 aliphatic heterocycles. The van der Waals surface area contributed by atoms with E-state index < -0.39 is 8.07 Å². The van der Waals surface area contributed by atoms with Gasteiger partial charge in [0.2, 0.25) is 0 Å². The van der Waals surface area contributed by atoms with Crippen LogP contribution in [-0.4, -0.2) is 22.2 Å². The minimum absolute atomic E-state index is 1.34. The smallest absolute Gasteiger partial charge is 0.114 e. The van der Waals surface area contributed by atoms with Gasteiger partial charge in [-0.05, 0) is 18.2 Å². The van der Waals surface area contributed by atoms with E-state index in [0.29, 0.717) is 0 Å². The minimum atomic E-state index is -1.64. The Morgan fingerprint density at radius 1 is 0.895 bits per heavy atom. The Kier molecular flexibility index (Phi) is 3.81. The zero-order valence-electron chi connectivity index (χ0n) is 12.6. The molecule has 0 fully saturated rings. The number of aryl methyl sites for hydroxylation is 1. The van der Waals surface area contributed by atoms with Gasteiger partial charge in [-0.3, -0.25) is 0 Å². The molecule has 2 aromatic carbocycles. The van der Waals surface area contributed by atoms with Crippen LogP contribution in [0.2, 0.25) is 13.1 Å². The first kappa shape index (κ1) is 13.9. The number of benzene rings is 2. The third kappa shape index (κ3) is 2.74. The van der Waals surface area contributed by atoms with Gasteiger partial charge >= 0.3 is 0 Å². The van der Waals surface area contributed by atoms with Crippen molar-refractivity contribution in [2.24, 2.45) is 0 Å². The van der Waals surface area contributed by atoms with Gasteiger partial charge in [0.15, 0.2) is 0 Å². The van der Waals surface area contributed by atoms with E-state index in [4.69, 9.17) is 0 Å². The van der Waals surface area contributed by atoms with Crippen molar-refractivity contribution in [2.45, 2.75) is 20.0 Å². The number of nitrogens with zero attached hydrogens (tertiary/aromatic N) is 1. The lowest BCUT2D eigenvalue weighted by atomic mass is 10.2. The molecule has 1 nitrogen and oxygen atoms in total. The molecule has 0 bridgehead atoms. The van der Waals surface area contributed by atoms with Gasteiger partial charge in [0.05, 0.1) is 0 Å². The van der Waals surface area contributed by atoms with Crippen LogP contribution in [-0.2, 0) is 0 Å². The van der Waals surface area contributed by atoms with E-state index in [0.717, 1.165) is 0 Å². The fourth-order valence-corrected chi connectivity index (χ4v) is 5.42. The maximum atomic E-state index is 2.43. The summed E-state index contributed by atoms with van der Waals surface area (Å²) in [6, 6.07) is 17.8. The molecule has 19 heavy (non-hydrogen) atoms. The van der Waals surface area contributed by atoms with Crippen LogP contribution in [0.25, 0.3) is 0 Å². The highest BCUT2D eigenvalue weighted by atomic mass is 28.3. The molecule has 0 saturated heterocycles. The van der Waals surface area contributed by atoms with Crippen LogP contribution in [0.5, 0.6) is 0 Å². The third-order valence-corrected chi connectivity index (χ3v) is 7.33. The van der Waals surface area contributed by atoms with Crippen molar-refractivity contribution in [3.63, 3.8) is 0 Å². The SMILES string of the molecule is Cc1ccc(N(C)C)c([Si](C)(C)c2ccccc2)c1. The van der Waals surface area contributed by atoms with E-state index >= 15 is 0 Å². The quantitative estimate of drug-likeness (QED) is 0.775. The van der Waals surface area contributed by atoms with Crippen molar-refractivity contribution in [1.82, 2.24) is 0 Å². The summed E-state index contributed by atoms with van der Waals surface area (Å²) >= 11 is 0. The second kappa shape index (κ2) is 5.22. The van der Waals surface area contributed by atoms with Crippen molar-refractivity contribution >= 4 is 24.1 Å². The Labute approximate surface area is 117 Å². The van der Waals surface area contributed by atoms with Gasteiger partial charge in [-0.2, -0.15) is 0 Å². The van der Waals surface area contributed by atoms with Crippen LogP contribution >= 0.6 is 0 Å². The summed E-state index contributed by atoms with van der Waals surface area (Å²) < 4.78 is 0. The van der Waals surface area contributed by atoms with Gasteiger partial charge < -0.3 is 4.90 Å². The molecule has 0 radical (unpaired) electrons. The summed E-state index contributed by atoms with van der Waals surface area (Å²) in [4.78, 5) is 2.23. The van der Waals surface area contributed by atoms with Gasteiger partial charge in [-0.15, -0.1) is 0 Å². The van der Waals surface area contributed by atoms with E-state index in [2.05, 4.69) is 87.5 Å². The van der Waals surface area contributed by atoms with Crippen LogP contribution in [0.15, 0.2) is 48.5 Å². The summed E-state index contributed by atoms with van der Waals surface area (Å²) in [5.74, 6) is 0. The number of anilines is 1. The number of hydrogen-bond acceptors (Lipinski definition) is 1. The summed E-state index contributed by atoms with van der Waals surface area (Å²) in [5.41, 5.74) is 2.70. The maximum Gasteiger partial charge on any atom is 0.114 e. The van der Waals surface area contributed by atoms with Crippen molar-refractivity contribution < 1.29 is 0 Å². The standard InChI is InChI=1S/C17H23NSi/c1-14-11-12-16(18(2)3)17(13-14)19(4,5)15-9-7-6-8-10-15/h6-13H,1-5H3. The Bertz CT molecular complexity index is 559. The first-order valence-electron chi connectivity index (χ1n) is 6.77. The summed E-state index contributed by atoms with van der Waals surface area (Å²) in [5, 5.41) is 3.01. The second-order valence-corrected chi connectivity index (χ2v) is 10.3. The molecular formula is C17H23NSi. The van der Waals surface area contributed by atoms with Crippen molar-refractivity contribution in [3.05, 3.63) is 54.1 Å². The largest absolute Gasteiger partial charge is 0.378 e. The fraction of sp³-hybridized carbons (Fsp3) is 0.294. The van der Waals surface area contributed by atoms with E-state index in [1.165, 1.54) is 21.6 Å². The van der Waals surface area contributed by atoms with Crippen molar-refractivity contribution in [2.75, 3.05) is 19.0 Å². The van der Waals surface area contributed by atoms with E-state index in [9.17, 15) is 0 Å². The lowest BCUT2D eigenvalue weighted by Crippen LogP contribution is -2.54. The molecule has 0 spiro atoms. The molecule has 2 rings (SSSR count). The Balaban J connectivity index is 2.60. The Morgan fingerprint density at radius 3 is 2.11 bits per heavy atom. The lowest BCUT2D eigenvalue weighted by molar-refractivity contribution is 1.14. The zero-order chi connectivity index (χ0) is 14.0. The molecule has 0 N–H and O–H groups in total. The number of rotatable bonds is 3. The first-order chi connectivity index (χ1) is 8.93. The number of hydrogen-bond donors (Lipinski definition) is 0. The monoisotopic (exact) mass is 269 g/mol. The second-order valence-electron chi connectivity index (χ2n) is 5.91. The normalized spacial score (nSPS) is 11.4. The Morgan fingerprint density at radius 2 is 1.53 bits per heavy atom. The van der Waals surface area contributed by atoms with Gasteiger partial charge in [0.1, 0.15) is 8.07 Å². The predicted molar refractivity (Wildman–Crippen MR) is 88.7 cm³/mol. The molecule has 0 amide bonds. The van der Waals surface area contributed by atoms with E-state index in [-0.39, 0.29) is 0 Å². The molecule has 100 valence electrons. The topological polar surface area (TPSA) is 3.24 Å². The molecule has 0 heterocycles. The van der Waals surface area contributed by atoms with Crippen LogP contribution in [0.4, 0.5) is 5.69 Å². The average Bonchev–Trinajstić information content (AvgIpc) is 2.39. The zero-order valence-corrected chi connectivity index (χ0v) is 13.6. The summed E-state index contributed by atoms with van der Waals surface area (Å²) in [7, 11) is 2.62. The van der Waals surface area contributed by atoms with Crippen LogP contribution in [0, 0.1) is 6.92 Å². The molecule has 2 aromatic rings. The minimum Gasteiger partial charge on any atom is -0.378 e. The van der Waals surface area contributed by atoms with Gasteiger partial charge in [-0.25, -0.2) is 0 Å². The van der Waals surface area contributed by atoms with Crippen LogP contribution < -0.4 is 15.3 Å². The molecule has 0 aliphatic carbocycles. The van der Waals surface area contributed by atoms with Crippen LogP contribution in [0.3, 0.4) is 0 Å². The van der Waals surface area contributed by atoms with Gasteiger partial charge in [0, 0.05) is 19.8 Å². The predicted octanol–water partition coefficient (Wildman–Crippen LogP) is 2.88. The van der Waals surface area contributed by atoms with Crippen molar-refractivity contribution in [3.8, 4) is 0 Å². The average molecular weight is 269 g/mol. The molecule has 0 saturated carbocycles. The molecule has 0 aliphatic rings. The van der Waals surface area contributed by atoms with Crippen molar-refractivity contribution in [1.29, 1.82) is 0 Å². The third-order valence-electron chi connectivity index (χ3n) is 3.80. The highest BCUT2D eigenvalue weighted by molar-refractivity contribution is 7.01. The maximum absolute atomic E-state index is 2.43. The fourth-order valence-electron chi connectivity index (χ4n) is 2.55. The highest BCUT2D eigenvalue weighted by Gasteiger charge is 2.28. The Hall–Kier alpha value is -1.54. The van der Waals surface area contributed by atoms with E-state index in [1.807, 2.05) is 0 Å². The van der Waals surface area contributed by atoms with Crippen LogP contribution in [0.1, 0.15) is 5.56 Å². The molecule has 0 atom stereocenters. The molecule has 0 unspecified atom stereocenters. The highest BCUT2D eigenvalue weighted by Crippen LogP contribution is 2.16. The van der Waals surface area contributed by atoms with E-state index in [1.54, 1.807) is 0 Å². The molecule has 2 heteroatoms. The molecular weight excluding hydrogens is 246 g/mol.